The van der Waals surface area contributed by atoms with E-state index in [-0.39, 0.29) is 5.97 Å². The fourth-order valence-electron chi connectivity index (χ4n) is 1.23. The van der Waals surface area contributed by atoms with Crippen molar-refractivity contribution in [3.05, 3.63) is 35.9 Å². The molecular weight excluding hydrogens is 192 g/mol. The molecule has 15 heavy (non-hydrogen) atoms. The van der Waals surface area contributed by atoms with Crippen molar-refractivity contribution in [1.29, 1.82) is 0 Å². The maximum Gasteiger partial charge on any atom is 0.338 e. The van der Waals surface area contributed by atoms with Crippen LogP contribution in [-0.2, 0) is 4.74 Å². The van der Waals surface area contributed by atoms with Crippen LogP contribution in [-0.4, -0.2) is 19.7 Å². The van der Waals surface area contributed by atoms with E-state index in [2.05, 4.69) is 6.58 Å². The molecule has 0 saturated heterocycles. The van der Waals surface area contributed by atoms with Crippen molar-refractivity contribution in [2.45, 2.75) is 6.92 Å². The molecular formula is C12H14O3. The molecule has 0 N–H and O–H groups in total. The van der Waals surface area contributed by atoms with Gasteiger partial charge in [0.05, 0.1) is 19.3 Å². The molecule has 1 aromatic rings. The zero-order valence-electron chi connectivity index (χ0n) is 8.95. The van der Waals surface area contributed by atoms with Gasteiger partial charge >= 0.3 is 5.97 Å². The molecule has 0 aliphatic rings. The van der Waals surface area contributed by atoms with E-state index in [1.807, 2.05) is 0 Å². The molecule has 1 aromatic carbocycles. The van der Waals surface area contributed by atoms with Gasteiger partial charge in [0.15, 0.2) is 0 Å². The van der Waals surface area contributed by atoms with E-state index in [0.29, 0.717) is 17.9 Å². The Morgan fingerprint density at radius 3 is 2.80 bits per heavy atom. The van der Waals surface area contributed by atoms with Crippen LogP contribution < -0.4 is 4.74 Å². The minimum absolute atomic E-state index is 0.354. The van der Waals surface area contributed by atoms with E-state index in [1.165, 1.54) is 0 Å². The van der Waals surface area contributed by atoms with Crippen molar-refractivity contribution in [3.8, 4) is 5.75 Å². The topological polar surface area (TPSA) is 35.5 Å². The summed E-state index contributed by atoms with van der Waals surface area (Å²) in [6.45, 7) is 5.76. The number of rotatable bonds is 4. The van der Waals surface area contributed by atoms with Crippen molar-refractivity contribution in [2.75, 3.05) is 13.7 Å². The molecule has 0 aromatic heterocycles. The van der Waals surface area contributed by atoms with E-state index in [4.69, 9.17) is 9.47 Å². The average molecular weight is 206 g/mol. The van der Waals surface area contributed by atoms with Crippen molar-refractivity contribution in [2.24, 2.45) is 0 Å². The highest BCUT2D eigenvalue weighted by Crippen LogP contribution is 2.19. The lowest BCUT2D eigenvalue weighted by Crippen LogP contribution is -2.06. The quantitative estimate of drug-likeness (QED) is 0.710. The van der Waals surface area contributed by atoms with Crippen LogP contribution in [0.4, 0.5) is 0 Å². The first kappa shape index (κ1) is 11.3. The van der Waals surface area contributed by atoms with Gasteiger partial charge in [-0.25, -0.2) is 4.79 Å². The summed E-state index contributed by atoms with van der Waals surface area (Å²) in [6.07, 6.45) is 1.62. The summed E-state index contributed by atoms with van der Waals surface area (Å²) in [5.74, 6) is 0.273. The Morgan fingerprint density at radius 2 is 2.27 bits per heavy atom. The van der Waals surface area contributed by atoms with E-state index < -0.39 is 0 Å². The lowest BCUT2D eigenvalue weighted by atomic mass is 10.1. The largest absolute Gasteiger partial charge is 0.497 e. The molecule has 0 amide bonds. The maximum atomic E-state index is 11.6. The first-order chi connectivity index (χ1) is 7.22. The van der Waals surface area contributed by atoms with E-state index in [1.54, 1.807) is 38.3 Å². The Hall–Kier alpha value is -1.77. The number of esters is 1. The van der Waals surface area contributed by atoms with Gasteiger partial charge in [-0.05, 0) is 24.6 Å². The van der Waals surface area contributed by atoms with Crippen LogP contribution in [0.3, 0.4) is 0 Å². The third-order valence-electron chi connectivity index (χ3n) is 1.98. The number of carbonyl (C=O) groups is 1. The lowest BCUT2D eigenvalue weighted by molar-refractivity contribution is 0.0525. The Kier molecular flexibility index (Phi) is 3.92. The Labute approximate surface area is 89.3 Å². The van der Waals surface area contributed by atoms with Gasteiger partial charge in [-0.2, -0.15) is 0 Å². The number of hydrogen-bond acceptors (Lipinski definition) is 3. The zero-order valence-corrected chi connectivity index (χ0v) is 8.95. The number of carbonyl (C=O) groups excluding carboxylic acids is 1. The minimum atomic E-state index is -0.355. The Bertz CT molecular complexity index is 369. The molecule has 0 atom stereocenters. The normalized spacial score (nSPS) is 9.47. The van der Waals surface area contributed by atoms with Crippen molar-refractivity contribution in [1.82, 2.24) is 0 Å². The number of benzene rings is 1. The molecule has 0 radical (unpaired) electrons. The van der Waals surface area contributed by atoms with Gasteiger partial charge in [-0.3, -0.25) is 0 Å². The molecule has 0 spiro atoms. The number of ether oxygens (including phenoxy) is 2. The van der Waals surface area contributed by atoms with Crippen LogP contribution in [0.1, 0.15) is 22.8 Å². The predicted octanol–water partition coefficient (Wildman–Crippen LogP) is 2.51. The highest BCUT2D eigenvalue weighted by Gasteiger charge is 2.11. The van der Waals surface area contributed by atoms with Gasteiger partial charge < -0.3 is 9.47 Å². The monoisotopic (exact) mass is 206 g/mol. The second-order valence-electron chi connectivity index (χ2n) is 2.88. The van der Waals surface area contributed by atoms with Crippen LogP contribution in [0.2, 0.25) is 0 Å². The fourth-order valence-corrected chi connectivity index (χ4v) is 1.23. The zero-order chi connectivity index (χ0) is 11.3. The molecule has 0 fully saturated rings. The smallest absolute Gasteiger partial charge is 0.338 e. The van der Waals surface area contributed by atoms with E-state index in [9.17, 15) is 4.79 Å². The first-order valence-electron chi connectivity index (χ1n) is 4.70. The fraction of sp³-hybridized carbons (Fsp3) is 0.250. The van der Waals surface area contributed by atoms with Crippen LogP contribution in [0, 0.1) is 0 Å². The minimum Gasteiger partial charge on any atom is -0.497 e. The number of methoxy groups -OCH3 is 1. The van der Waals surface area contributed by atoms with Gasteiger partial charge in [0.1, 0.15) is 5.75 Å². The summed E-state index contributed by atoms with van der Waals surface area (Å²) in [4.78, 5) is 11.6. The predicted molar refractivity (Wildman–Crippen MR) is 59.0 cm³/mol. The SMILES string of the molecule is C=Cc1ccc(OC)cc1C(=O)OCC. The molecule has 0 unspecified atom stereocenters. The highest BCUT2D eigenvalue weighted by molar-refractivity contribution is 5.94. The van der Waals surface area contributed by atoms with E-state index >= 15 is 0 Å². The van der Waals surface area contributed by atoms with Gasteiger partial charge in [0.25, 0.3) is 0 Å². The number of hydrogen-bond donors (Lipinski definition) is 0. The lowest BCUT2D eigenvalue weighted by Gasteiger charge is -2.07. The third kappa shape index (κ3) is 2.59. The molecule has 0 aliphatic carbocycles. The van der Waals surface area contributed by atoms with Crippen molar-refractivity contribution < 1.29 is 14.3 Å². The van der Waals surface area contributed by atoms with E-state index in [0.717, 1.165) is 5.56 Å². The van der Waals surface area contributed by atoms with Crippen LogP contribution >= 0.6 is 0 Å². The standard InChI is InChI=1S/C12H14O3/c1-4-9-6-7-10(14-3)8-11(9)12(13)15-5-2/h4,6-8H,1,5H2,2-3H3. The second-order valence-corrected chi connectivity index (χ2v) is 2.88. The summed E-state index contributed by atoms with van der Waals surface area (Å²) < 4.78 is 9.97. The van der Waals surface area contributed by atoms with Crippen LogP contribution in [0.25, 0.3) is 6.08 Å². The molecule has 0 saturated carbocycles. The molecule has 0 aliphatic heterocycles. The van der Waals surface area contributed by atoms with Crippen LogP contribution in [0.5, 0.6) is 5.75 Å². The summed E-state index contributed by atoms with van der Waals surface area (Å²) in [6, 6.07) is 5.20. The van der Waals surface area contributed by atoms with Gasteiger partial charge in [-0.1, -0.05) is 18.7 Å². The first-order valence-corrected chi connectivity index (χ1v) is 4.70. The van der Waals surface area contributed by atoms with Crippen molar-refractivity contribution in [3.63, 3.8) is 0 Å². The highest BCUT2D eigenvalue weighted by atomic mass is 16.5. The summed E-state index contributed by atoms with van der Waals surface area (Å²) >= 11 is 0. The molecule has 3 nitrogen and oxygen atoms in total. The maximum absolute atomic E-state index is 11.6. The summed E-state index contributed by atoms with van der Waals surface area (Å²) in [5, 5.41) is 0. The molecule has 1 rings (SSSR count). The molecule has 80 valence electrons. The summed E-state index contributed by atoms with van der Waals surface area (Å²) in [5.41, 5.74) is 1.22. The average Bonchev–Trinajstić information content (AvgIpc) is 2.28. The van der Waals surface area contributed by atoms with Gasteiger partial charge in [-0.15, -0.1) is 0 Å². The van der Waals surface area contributed by atoms with Gasteiger partial charge in [0, 0.05) is 0 Å². The van der Waals surface area contributed by atoms with Gasteiger partial charge in [0.2, 0.25) is 0 Å². The van der Waals surface area contributed by atoms with Crippen molar-refractivity contribution >= 4 is 12.0 Å². The Morgan fingerprint density at radius 1 is 1.53 bits per heavy atom. The summed E-state index contributed by atoms with van der Waals surface area (Å²) in [7, 11) is 1.55. The molecule has 0 bridgehead atoms. The molecule has 0 heterocycles. The second kappa shape index (κ2) is 5.20. The third-order valence-corrected chi connectivity index (χ3v) is 1.98. The molecule has 3 heteroatoms. The van der Waals surface area contributed by atoms with Crippen LogP contribution in [0.15, 0.2) is 24.8 Å². The Balaban J connectivity index is 3.11.